The molecule has 6 heteroatoms. The second kappa shape index (κ2) is 6.92. The summed E-state index contributed by atoms with van der Waals surface area (Å²) >= 11 is 0. The van der Waals surface area contributed by atoms with Gasteiger partial charge in [0.25, 0.3) is 0 Å². The highest BCUT2D eigenvalue weighted by Crippen LogP contribution is 2.40. The largest absolute Gasteiger partial charge is 0.496 e. The molecule has 0 saturated heterocycles. The minimum Gasteiger partial charge on any atom is -0.496 e. The zero-order valence-corrected chi connectivity index (χ0v) is 11.7. The van der Waals surface area contributed by atoms with Gasteiger partial charge in [0.2, 0.25) is 0 Å². The van der Waals surface area contributed by atoms with Crippen LogP contribution in [0.5, 0.6) is 5.75 Å². The summed E-state index contributed by atoms with van der Waals surface area (Å²) in [6.07, 6.45) is -3.19. The van der Waals surface area contributed by atoms with Crippen molar-refractivity contribution >= 4 is 0 Å². The second-order valence-electron chi connectivity index (χ2n) is 4.61. The van der Waals surface area contributed by atoms with Crippen LogP contribution < -0.4 is 10.1 Å². The van der Waals surface area contributed by atoms with Crippen LogP contribution in [0.4, 0.5) is 17.6 Å². The highest BCUT2D eigenvalue weighted by atomic mass is 19.3. The molecule has 1 unspecified atom stereocenters. The molecule has 0 aromatic heterocycles. The van der Waals surface area contributed by atoms with E-state index in [0.29, 0.717) is 12.0 Å². The fourth-order valence-electron chi connectivity index (χ4n) is 1.95. The molecular weight excluding hydrogens is 274 g/mol. The van der Waals surface area contributed by atoms with E-state index in [2.05, 4.69) is 5.32 Å². The summed E-state index contributed by atoms with van der Waals surface area (Å²) in [5.74, 6) is -4.00. The minimum atomic E-state index is -4.17. The van der Waals surface area contributed by atoms with Crippen LogP contribution in [0.15, 0.2) is 18.2 Å². The van der Waals surface area contributed by atoms with Crippen LogP contribution in [0, 0.1) is 6.92 Å². The van der Waals surface area contributed by atoms with E-state index in [1.54, 1.807) is 19.9 Å². The van der Waals surface area contributed by atoms with Gasteiger partial charge in [-0.3, -0.25) is 0 Å². The van der Waals surface area contributed by atoms with Crippen molar-refractivity contribution in [3.05, 3.63) is 29.3 Å². The number of rotatable bonds is 7. The van der Waals surface area contributed by atoms with Gasteiger partial charge in [0.1, 0.15) is 11.8 Å². The summed E-state index contributed by atoms with van der Waals surface area (Å²) in [5.41, 5.74) is 0.750. The first-order valence-electron chi connectivity index (χ1n) is 6.38. The quantitative estimate of drug-likeness (QED) is 0.769. The lowest BCUT2D eigenvalue weighted by Crippen LogP contribution is -2.43. The van der Waals surface area contributed by atoms with E-state index in [-0.39, 0.29) is 17.9 Å². The first-order valence-corrected chi connectivity index (χ1v) is 6.38. The Labute approximate surface area is 116 Å². The molecule has 2 nitrogen and oxygen atoms in total. The Hall–Kier alpha value is -1.30. The lowest BCUT2D eigenvalue weighted by molar-refractivity contribution is -0.151. The van der Waals surface area contributed by atoms with Gasteiger partial charge < -0.3 is 10.1 Å². The fourth-order valence-corrected chi connectivity index (χ4v) is 1.95. The number of methoxy groups -OCH3 is 1. The maximum absolute atomic E-state index is 13.8. The molecule has 1 aromatic carbocycles. The van der Waals surface area contributed by atoms with Crippen LogP contribution in [0.2, 0.25) is 0 Å². The van der Waals surface area contributed by atoms with Gasteiger partial charge in [-0.1, -0.05) is 24.6 Å². The second-order valence-corrected chi connectivity index (χ2v) is 4.61. The predicted molar refractivity (Wildman–Crippen MR) is 69.7 cm³/mol. The molecule has 1 N–H and O–H groups in total. The summed E-state index contributed by atoms with van der Waals surface area (Å²) < 4.78 is 58.0. The molecule has 0 bridgehead atoms. The van der Waals surface area contributed by atoms with E-state index in [1.165, 1.54) is 19.2 Å². The Balaban J connectivity index is 3.26. The van der Waals surface area contributed by atoms with Gasteiger partial charge in [0.15, 0.2) is 0 Å². The first kappa shape index (κ1) is 16.8. The summed E-state index contributed by atoms with van der Waals surface area (Å²) in [7, 11) is 1.32. The number of benzene rings is 1. The van der Waals surface area contributed by atoms with Gasteiger partial charge in [-0.25, -0.2) is 8.78 Å². The Kier molecular flexibility index (Phi) is 5.80. The molecule has 1 atom stereocenters. The first-order chi connectivity index (χ1) is 9.34. The van der Waals surface area contributed by atoms with Crippen LogP contribution in [0.3, 0.4) is 0 Å². The van der Waals surface area contributed by atoms with Crippen LogP contribution in [0.1, 0.15) is 30.5 Å². The number of halogens is 4. The number of alkyl halides is 4. The molecule has 1 rings (SSSR count). The predicted octanol–water partition coefficient (Wildman–Crippen LogP) is 3.94. The molecule has 0 aliphatic rings. The Bertz CT molecular complexity index is 437. The van der Waals surface area contributed by atoms with Crippen molar-refractivity contribution in [1.82, 2.24) is 5.32 Å². The van der Waals surface area contributed by atoms with E-state index in [4.69, 9.17) is 4.74 Å². The van der Waals surface area contributed by atoms with E-state index < -0.39 is 18.4 Å². The third kappa shape index (κ3) is 3.62. The van der Waals surface area contributed by atoms with Crippen molar-refractivity contribution in [1.29, 1.82) is 0 Å². The van der Waals surface area contributed by atoms with E-state index in [0.717, 1.165) is 0 Å². The van der Waals surface area contributed by atoms with Crippen molar-refractivity contribution in [2.24, 2.45) is 0 Å². The lowest BCUT2D eigenvalue weighted by atomic mass is 9.97. The molecule has 0 spiro atoms. The van der Waals surface area contributed by atoms with Gasteiger partial charge in [0.05, 0.1) is 7.11 Å². The lowest BCUT2D eigenvalue weighted by Gasteiger charge is -2.29. The van der Waals surface area contributed by atoms with E-state index >= 15 is 0 Å². The van der Waals surface area contributed by atoms with E-state index in [1.807, 2.05) is 0 Å². The summed E-state index contributed by atoms with van der Waals surface area (Å²) in [6, 6.07) is 2.85. The average molecular weight is 293 g/mol. The molecule has 0 aliphatic heterocycles. The van der Waals surface area contributed by atoms with Crippen LogP contribution in [-0.4, -0.2) is 26.0 Å². The maximum Gasteiger partial charge on any atom is 0.326 e. The monoisotopic (exact) mass is 293 g/mol. The smallest absolute Gasteiger partial charge is 0.326 e. The highest BCUT2D eigenvalue weighted by molar-refractivity contribution is 5.40. The highest BCUT2D eigenvalue weighted by Gasteiger charge is 2.50. The van der Waals surface area contributed by atoms with Gasteiger partial charge >= 0.3 is 12.3 Å². The number of aryl methyl sites for hydroxylation is 1. The van der Waals surface area contributed by atoms with Crippen molar-refractivity contribution in [2.45, 2.75) is 38.7 Å². The van der Waals surface area contributed by atoms with Crippen molar-refractivity contribution < 1.29 is 22.3 Å². The normalized spacial score (nSPS) is 13.6. The SMILES string of the molecule is CCCNC(c1cc(C)ccc1OC)C(F)(F)C(F)F. The van der Waals surface area contributed by atoms with E-state index in [9.17, 15) is 17.6 Å². The van der Waals surface area contributed by atoms with Gasteiger partial charge in [-0.2, -0.15) is 8.78 Å². The number of hydrogen-bond donors (Lipinski definition) is 1. The number of hydrogen-bond acceptors (Lipinski definition) is 2. The van der Waals surface area contributed by atoms with Crippen LogP contribution in [-0.2, 0) is 0 Å². The molecule has 0 fully saturated rings. The molecule has 0 radical (unpaired) electrons. The summed E-state index contributed by atoms with van der Waals surface area (Å²) in [6.45, 7) is 3.70. The molecule has 114 valence electrons. The number of ether oxygens (including phenoxy) is 1. The molecule has 1 aromatic rings. The maximum atomic E-state index is 13.8. The molecule has 0 heterocycles. The molecule has 0 amide bonds. The van der Waals surface area contributed by atoms with Gasteiger partial charge in [-0.15, -0.1) is 0 Å². The minimum absolute atomic E-state index is 0.0475. The standard InChI is InChI=1S/C14H19F4NO/c1-4-7-19-12(14(17,18)13(15)16)10-8-9(2)5-6-11(10)20-3/h5-6,8,12-13,19H,4,7H2,1-3H3. The summed E-state index contributed by atoms with van der Waals surface area (Å²) in [4.78, 5) is 0. The Morgan fingerprint density at radius 3 is 2.45 bits per heavy atom. The number of nitrogens with one attached hydrogen (secondary N) is 1. The topological polar surface area (TPSA) is 21.3 Å². The third-order valence-electron chi connectivity index (χ3n) is 2.97. The van der Waals surface area contributed by atoms with Crippen molar-refractivity contribution in [3.63, 3.8) is 0 Å². The van der Waals surface area contributed by atoms with Crippen LogP contribution in [0.25, 0.3) is 0 Å². The van der Waals surface area contributed by atoms with Crippen molar-refractivity contribution in [2.75, 3.05) is 13.7 Å². The summed E-state index contributed by atoms with van der Waals surface area (Å²) in [5, 5.41) is 2.50. The molecule has 0 saturated carbocycles. The fraction of sp³-hybridized carbons (Fsp3) is 0.571. The Morgan fingerprint density at radius 2 is 1.95 bits per heavy atom. The molecular formula is C14H19F4NO. The zero-order valence-electron chi connectivity index (χ0n) is 11.7. The zero-order chi connectivity index (χ0) is 15.3. The molecule has 0 aliphatic carbocycles. The van der Waals surface area contributed by atoms with Crippen molar-refractivity contribution in [3.8, 4) is 5.75 Å². The average Bonchev–Trinajstić information content (AvgIpc) is 2.39. The molecule has 20 heavy (non-hydrogen) atoms. The Morgan fingerprint density at radius 1 is 1.30 bits per heavy atom. The third-order valence-corrected chi connectivity index (χ3v) is 2.97. The van der Waals surface area contributed by atoms with Gasteiger partial charge in [0, 0.05) is 5.56 Å². The van der Waals surface area contributed by atoms with Gasteiger partial charge in [-0.05, 0) is 26.0 Å². The van der Waals surface area contributed by atoms with Crippen LogP contribution >= 0.6 is 0 Å².